The molecule has 0 aliphatic rings. The van der Waals surface area contributed by atoms with Gasteiger partial charge in [-0.3, -0.25) is 10.1 Å². The first-order valence-electron chi connectivity index (χ1n) is 6.17. The average molecular weight is 284 g/mol. The Bertz CT molecular complexity index is 734. The second-order valence-corrected chi connectivity index (χ2v) is 5.41. The Morgan fingerprint density at radius 1 is 1.10 bits per heavy atom. The van der Waals surface area contributed by atoms with E-state index in [-0.39, 0.29) is 10.6 Å². The lowest BCUT2D eigenvalue weighted by atomic mass is 10.2. The number of nitrogens with zero attached hydrogens (tertiary/aromatic N) is 1. The van der Waals surface area contributed by atoms with Crippen molar-refractivity contribution in [2.45, 2.75) is 10.8 Å². The quantitative estimate of drug-likeness (QED) is 0.439. The van der Waals surface area contributed by atoms with Crippen LogP contribution >= 0.6 is 11.8 Å². The molecule has 0 aliphatic heterocycles. The van der Waals surface area contributed by atoms with Crippen LogP contribution in [0.3, 0.4) is 0 Å². The minimum Gasteiger partial charge on any atom is -0.350 e. The molecule has 0 radical (unpaired) electrons. The highest BCUT2D eigenvalue weighted by Crippen LogP contribution is 2.29. The number of H-pyrrole nitrogens is 1. The maximum Gasteiger partial charge on any atom is 0.273 e. The molecule has 0 atom stereocenters. The standard InChI is InChI=1S/C15H12N2O2S/c18-17(19)14-8-4-2-6-12(14)10-20-15-9-11-5-1-3-7-13(11)16-15/h1-9,16H,10H2. The summed E-state index contributed by atoms with van der Waals surface area (Å²) in [5.74, 6) is 0.573. The Balaban J connectivity index is 1.81. The Morgan fingerprint density at radius 2 is 1.85 bits per heavy atom. The number of benzene rings is 2. The van der Waals surface area contributed by atoms with Crippen molar-refractivity contribution >= 4 is 28.4 Å². The molecule has 0 amide bonds. The van der Waals surface area contributed by atoms with Crippen LogP contribution in [-0.4, -0.2) is 9.91 Å². The minimum atomic E-state index is -0.332. The van der Waals surface area contributed by atoms with Crippen LogP contribution in [0.4, 0.5) is 5.69 Å². The lowest BCUT2D eigenvalue weighted by Crippen LogP contribution is -1.93. The van der Waals surface area contributed by atoms with E-state index < -0.39 is 0 Å². The van der Waals surface area contributed by atoms with Gasteiger partial charge in [0.2, 0.25) is 0 Å². The Morgan fingerprint density at radius 3 is 2.65 bits per heavy atom. The van der Waals surface area contributed by atoms with Crippen molar-refractivity contribution in [3.8, 4) is 0 Å². The summed E-state index contributed by atoms with van der Waals surface area (Å²) in [6, 6.07) is 17.0. The van der Waals surface area contributed by atoms with Crippen molar-refractivity contribution in [3.63, 3.8) is 0 Å². The molecule has 0 fully saturated rings. The topological polar surface area (TPSA) is 58.9 Å². The van der Waals surface area contributed by atoms with Crippen molar-refractivity contribution in [1.29, 1.82) is 0 Å². The van der Waals surface area contributed by atoms with E-state index in [1.165, 1.54) is 0 Å². The largest absolute Gasteiger partial charge is 0.350 e. The van der Waals surface area contributed by atoms with Crippen molar-refractivity contribution in [2.24, 2.45) is 0 Å². The molecule has 4 nitrogen and oxygen atoms in total. The fourth-order valence-electron chi connectivity index (χ4n) is 2.09. The molecule has 1 heterocycles. The van der Waals surface area contributed by atoms with E-state index in [0.29, 0.717) is 5.75 Å². The predicted octanol–water partition coefficient (Wildman–Crippen LogP) is 4.37. The first-order valence-corrected chi connectivity index (χ1v) is 7.15. The van der Waals surface area contributed by atoms with Gasteiger partial charge in [0, 0.05) is 28.3 Å². The number of nitro groups is 1. The van der Waals surface area contributed by atoms with Crippen LogP contribution in [0.1, 0.15) is 5.56 Å². The highest BCUT2D eigenvalue weighted by molar-refractivity contribution is 7.98. The van der Waals surface area contributed by atoms with Crippen molar-refractivity contribution < 1.29 is 4.92 Å². The number of hydrogen-bond acceptors (Lipinski definition) is 3. The molecule has 0 unspecified atom stereocenters. The van der Waals surface area contributed by atoms with Crippen molar-refractivity contribution in [2.75, 3.05) is 0 Å². The van der Waals surface area contributed by atoms with Crippen LogP contribution in [-0.2, 0) is 5.75 Å². The normalized spacial score (nSPS) is 10.8. The first-order chi connectivity index (χ1) is 9.74. The molecule has 100 valence electrons. The number of aromatic nitrogens is 1. The van der Waals surface area contributed by atoms with Gasteiger partial charge in [-0.25, -0.2) is 0 Å². The van der Waals surface area contributed by atoms with E-state index in [1.54, 1.807) is 30.0 Å². The summed E-state index contributed by atoms with van der Waals surface area (Å²) >= 11 is 1.57. The average Bonchev–Trinajstić information content (AvgIpc) is 2.88. The molecule has 0 spiro atoms. The Kier molecular flexibility index (Phi) is 3.43. The third kappa shape index (κ3) is 2.53. The number of hydrogen-bond donors (Lipinski definition) is 1. The van der Waals surface area contributed by atoms with E-state index in [1.807, 2.05) is 30.3 Å². The molecular formula is C15H12N2O2S. The van der Waals surface area contributed by atoms with Crippen LogP contribution in [0.2, 0.25) is 0 Å². The van der Waals surface area contributed by atoms with E-state index in [4.69, 9.17) is 0 Å². The van der Waals surface area contributed by atoms with Gasteiger partial charge in [-0.05, 0) is 12.1 Å². The SMILES string of the molecule is O=[N+]([O-])c1ccccc1CSc1cc2ccccc2[nH]1. The summed E-state index contributed by atoms with van der Waals surface area (Å²) < 4.78 is 0. The summed E-state index contributed by atoms with van der Waals surface area (Å²) in [5, 5.41) is 13.1. The summed E-state index contributed by atoms with van der Waals surface area (Å²) in [6.07, 6.45) is 0. The number of aromatic amines is 1. The Hall–Kier alpha value is -2.27. The van der Waals surface area contributed by atoms with Gasteiger partial charge in [0.25, 0.3) is 5.69 Å². The first kappa shape index (κ1) is 12.7. The number of para-hydroxylation sites is 2. The molecule has 5 heteroatoms. The molecular weight excluding hydrogens is 272 g/mol. The Labute approximate surface area is 120 Å². The van der Waals surface area contributed by atoms with Gasteiger partial charge in [0.1, 0.15) is 0 Å². The molecule has 0 saturated heterocycles. The fourth-order valence-corrected chi connectivity index (χ4v) is 3.04. The van der Waals surface area contributed by atoms with Gasteiger partial charge in [0.05, 0.1) is 9.95 Å². The summed E-state index contributed by atoms with van der Waals surface area (Å²) in [6.45, 7) is 0. The molecule has 1 N–H and O–H groups in total. The number of thioether (sulfide) groups is 1. The van der Waals surface area contributed by atoms with Gasteiger partial charge in [-0.15, -0.1) is 11.8 Å². The van der Waals surface area contributed by atoms with Crippen LogP contribution < -0.4 is 0 Å². The van der Waals surface area contributed by atoms with Crippen LogP contribution in [0.25, 0.3) is 10.9 Å². The number of rotatable bonds is 4. The van der Waals surface area contributed by atoms with Crippen molar-refractivity contribution in [1.82, 2.24) is 4.98 Å². The molecule has 20 heavy (non-hydrogen) atoms. The zero-order chi connectivity index (χ0) is 13.9. The molecule has 3 rings (SSSR count). The molecule has 0 aliphatic carbocycles. The lowest BCUT2D eigenvalue weighted by molar-refractivity contribution is -0.385. The van der Waals surface area contributed by atoms with Gasteiger partial charge in [-0.1, -0.05) is 36.4 Å². The summed E-state index contributed by atoms with van der Waals surface area (Å²) in [7, 11) is 0. The van der Waals surface area contributed by atoms with Crippen LogP contribution in [0, 0.1) is 10.1 Å². The molecule has 3 aromatic rings. The number of nitro benzene ring substituents is 1. The monoisotopic (exact) mass is 284 g/mol. The smallest absolute Gasteiger partial charge is 0.273 e. The van der Waals surface area contributed by atoms with Gasteiger partial charge >= 0.3 is 0 Å². The zero-order valence-corrected chi connectivity index (χ0v) is 11.4. The van der Waals surface area contributed by atoms with E-state index >= 15 is 0 Å². The molecule has 1 aromatic heterocycles. The lowest BCUT2D eigenvalue weighted by Gasteiger charge is -2.01. The highest BCUT2D eigenvalue weighted by Gasteiger charge is 2.12. The molecule has 0 bridgehead atoms. The third-order valence-electron chi connectivity index (χ3n) is 3.08. The number of nitrogens with one attached hydrogen (secondary N) is 1. The second-order valence-electron chi connectivity index (χ2n) is 4.40. The van der Waals surface area contributed by atoms with Gasteiger partial charge in [0.15, 0.2) is 0 Å². The van der Waals surface area contributed by atoms with Gasteiger partial charge in [-0.2, -0.15) is 0 Å². The van der Waals surface area contributed by atoms with Crippen LogP contribution in [0.5, 0.6) is 0 Å². The van der Waals surface area contributed by atoms with Gasteiger partial charge < -0.3 is 4.98 Å². The maximum atomic E-state index is 11.0. The zero-order valence-electron chi connectivity index (χ0n) is 10.6. The minimum absolute atomic E-state index is 0.177. The maximum absolute atomic E-state index is 11.0. The highest BCUT2D eigenvalue weighted by atomic mass is 32.2. The number of fused-ring (bicyclic) bond motifs is 1. The van der Waals surface area contributed by atoms with Crippen molar-refractivity contribution in [3.05, 3.63) is 70.3 Å². The molecule has 2 aromatic carbocycles. The van der Waals surface area contributed by atoms with E-state index in [2.05, 4.69) is 11.1 Å². The molecule has 0 saturated carbocycles. The predicted molar refractivity (Wildman–Crippen MR) is 81.0 cm³/mol. The summed E-state index contributed by atoms with van der Waals surface area (Å²) in [4.78, 5) is 13.9. The van der Waals surface area contributed by atoms with E-state index in [9.17, 15) is 10.1 Å². The third-order valence-corrected chi connectivity index (χ3v) is 4.06. The second kappa shape index (κ2) is 5.38. The van der Waals surface area contributed by atoms with E-state index in [0.717, 1.165) is 21.5 Å². The summed E-state index contributed by atoms with van der Waals surface area (Å²) in [5.41, 5.74) is 2.00. The fraction of sp³-hybridized carbons (Fsp3) is 0.0667. The van der Waals surface area contributed by atoms with Crippen LogP contribution in [0.15, 0.2) is 59.6 Å².